The summed E-state index contributed by atoms with van der Waals surface area (Å²) >= 11 is 1.30. The second kappa shape index (κ2) is 8.45. The summed E-state index contributed by atoms with van der Waals surface area (Å²) in [7, 11) is -4.44. The van der Waals surface area contributed by atoms with Crippen LogP contribution in [0.1, 0.15) is 21.5 Å². The van der Waals surface area contributed by atoms with Crippen LogP contribution in [0.4, 0.5) is 17.6 Å². The van der Waals surface area contributed by atoms with Crippen molar-refractivity contribution in [1.82, 2.24) is 0 Å². The minimum atomic E-state index is -5.03. The zero-order chi connectivity index (χ0) is 18.0. The molecule has 0 fully saturated rings. The molecule has 1 heterocycles. The fourth-order valence-corrected chi connectivity index (χ4v) is 3.02. The molecule has 0 N–H and O–H groups in total. The molecule has 0 aliphatic carbocycles. The van der Waals surface area contributed by atoms with Crippen molar-refractivity contribution in [3.63, 3.8) is 0 Å². The molecule has 1 aromatic carbocycles. The summed E-state index contributed by atoms with van der Waals surface area (Å²) in [6, 6.07) is 2.87. The van der Waals surface area contributed by atoms with Gasteiger partial charge in [-0.05, 0) is 46.7 Å². The van der Waals surface area contributed by atoms with E-state index in [9.17, 15) is 30.8 Å². The Kier molecular flexibility index (Phi) is 7.39. The van der Waals surface area contributed by atoms with Crippen LogP contribution in [0.2, 0.25) is 0 Å². The Balaban J connectivity index is 0.00000312. The van der Waals surface area contributed by atoms with Crippen LogP contribution in [0.5, 0.6) is 0 Å². The third-order valence-electron chi connectivity index (χ3n) is 2.70. The monoisotopic (exact) mass is 401 g/mol. The molecule has 0 saturated carbocycles. The Morgan fingerprint density at radius 1 is 1.20 bits per heavy atom. The molecule has 0 spiro atoms. The van der Waals surface area contributed by atoms with Crippen LogP contribution in [0, 0.1) is 5.82 Å². The summed E-state index contributed by atoms with van der Waals surface area (Å²) in [6.07, 6.45) is -3.88. The minimum Gasteiger partial charge on any atom is -0.538 e. The predicted octanol–water partition coefficient (Wildman–Crippen LogP) is 1.42. The van der Waals surface area contributed by atoms with Crippen LogP contribution >= 0.6 is 11.3 Å². The van der Waals surface area contributed by atoms with Crippen molar-refractivity contribution in [2.24, 2.45) is 0 Å². The zero-order valence-corrected chi connectivity index (χ0v) is 16.3. The smallest absolute Gasteiger partial charge is 0.538 e. The molecular weight excluding hydrogens is 393 g/mol. The number of benzene rings is 1. The third-order valence-corrected chi connectivity index (χ3v) is 4.31. The molecule has 0 radical (unpaired) electrons. The van der Waals surface area contributed by atoms with Gasteiger partial charge in [-0.1, -0.05) is 0 Å². The number of alkyl halides is 3. The van der Waals surface area contributed by atoms with E-state index in [-0.39, 0.29) is 35.6 Å². The second-order valence-corrected chi connectivity index (χ2v) is 6.72. The number of hydrogen-bond donors (Lipinski definition) is 0. The Morgan fingerprint density at radius 3 is 2.44 bits per heavy atom. The van der Waals surface area contributed by atoms with Crippen LogP contribution in [-0.2, 0) is 16.2 Å². The predicted molar refractivity (Wildman–Crippen MR) is 81.4 cm³/mol. The van der Waals surface area contributed by atoms with Crippen LogP contribution in [0.15, 0.2) is 40.4 Å². The number of rotatable bonds is 4. The molecule has 2 aromatic rings. The number of carbonyl (C=O) groups excluding carboxylic acids is 1. The van der Waals surface area contributed by atoms with Gasteiger partial charge in [-0.3, -0.25) is 0 Å². The first-order chi connectivity index (χ1) is 11.1. The Bertz CT molecular complexity index is 878. The van der Waals surface area contributed by atoms with Gasteiger partial charge in [0.05, 0.1) is 11.5 Å². The molecule has 4 nitrogen and oxygen atoms in total. The van der Waals surface area contributed by atoms with Gasteiger partial charge in [-0.25, -0.2) is 12.8 Å². The number of sulfonamides is 1. The maximum absolute atomic E-state index is 13.0. The van der Waals surface area contributed by atoms with Gasteiger partial charge in [0.2, 0.25) is 0 Å². The third kappa shape index (κ3) is 6.23. The summed E-state index contributed by atoms with van der Waals surface area (Å²) in [6.45, 7) is 0. The van der Waals surface area contributed by atoms with E-state index in [1.165, 1.54) is 11.3 Å². The first-order valence-electron chi connectivity index (χ1n) is 6.18. The molecule has 11 heteroatoms. The fourth-order valence-electron chi connectivity index (χ4n) is 1.67. The SMILES string of the molecule is O=C([N-]S(=O)(=O)/C=C/c1ccsc1)c1ccc(F)cc1C(F)(F)F.[Na+]. The number of thiophene rings is 1. The average Bonchev–Trinajstić information content (AvgIpc) is 2.97. The quantitative estimate of drug-likeness (QED) is 0.575. The topological polar surface area (TPSA) is 65.3 Å². The summed E-state index contributed by atoms with van der Waals surface area (Å²) in [5, 5.41) is 3.90. The fraction of sp³-hybridized carbons (Fsp3) is 0.0714. The molecule has 0 atom stereocenters. The normalized spacial score (nSPS) is 12.0. The number of carbonyl (C=O) groups is 1. The average molecular weight is 401 g/mol. The van der Waals surface area contributed by atoms with Gasteiger partial charge >= 0.3 is 35.7 Å². The first kappa shape index (κ1) is 21.8. The Morgan fingerprint density at radius 2 is 1.88 bits per heavy atom. The molecule has 128 valence electrons. The number of hydrogen-bond acceptors (Lipinski definition) is 4. The molecule has 2 rings (SSSR count). The van der Waals surface area contributed by atoms with Crippen LogP contribution in [0.3, 0.4) is 0 Å². The van der Waals surface area contributed by atoms with Crippen molar-refractivity contribution in [1.29, 1.82) is 0 Å². The van der Waals surface area contributed by atoms with Crippen molar-refractivity contribution in [3.05, 3.63) is 67.7 Å². The van der Waals surface area contributed by atoms with Crippen molar-refractivity contribution >= 4 is 33.3 Å². The van der Waals surface area contributed by atoms with Crippen molar-refractivity contribution in [3.8, 4) is 0 Å². The number of halogens is 4. The van der Waals surface area contributed by atoms with Gasteiger partial charge in [0.15, 0.2) is 0 Å². The Hall–Kier alpha value is -1.20. The van der Waals surface area contributed by atoms with Crippen LogP contribution in [-0.4, -0.2) is 14.3 Å². The molecule has 0 aliphatic heterocycles. The molecule has 0 saturated heterocycles. The molecule has 0 bridgehead atoms. The summed E-state index contributed by atoms with van der Waals surface area (Å²) in [5.41, 5.74) is -2.10. The van der Waals surface area contributed by atoms with E-state index in [0.29, 0.717) is 23.1 Å². The summed E-state index contributed by atoms with van der Waals surface area (Å²) < 4.78 is 77.7. The second-order valence-electron chi connectivity index (χ2n) is 4.46. The summed E-state index contributed by atoms with van der Waals surface area (Å²) in [5.74, 6) is -2.84. The molecule has 0 unspecified atom stereocenters. The van der Waals surface area contributed by atoms with E-state index in [0.717, 1.165) is 6.08 Å². The molecular formula is C14H8F4NNaO3S2. The summed E-state index contributed by atoms with van der Waals surface area (Å²) in [4.78, 5) is 11.8. The Labute approximate surface area is 166 Å². The van der Waals surface area contributed by atoms with Gasteiger partial charge in [-0.2, -0.15) is 24.5 Å². The van der Waals surface area contributed by atoms with E-state index >= 15 is 0 Å². The van der Waals surface area contributed by atoms with E-state index in [2.05, 4.69) is 4.72 Å². The molecule has 0 aliphatic rings. The van der Waals surface area contributed by atoms with Crippen molar-refractivity contribution in [2.75, 3.05) is 0 Å². The van der Waals surface area contributed by atoms with Crippen molar-refractivity contribution in [2.45, 2.75) is 6.18 Å². The van der Waals surface area contributed by atoms with Gasteiger partial charge in [0, 0.05) is 11.0 Å². The molecule has 1 aromatic heterocycles. The van der Waals surface area contributed by atoms with Gasteiger partial charge in [0.25, 0.3) is 0 Å². The van der Waals surface area contributed by atoms with Gasteiger partial charge < -0.3 is 9.52 Å². The largest absolute Gasteiger partial charge is 1.00 e. The standard InChI is InChI=1S/C14H9F4NO3S2.Na/c15-10-1-2-11(12(7-10)14(16,17)18)13(20)19-24(21,22)6-4-9-3-5-23-8-9;/h1-8H,(H,19,20);/q;+1/p-1/b6-4+;. The van der Waals surface area contributed by atoms with E-state index in [1.54, 1.807) is 16.8 Å². The van der Waals surface area contributed by atoms with E-state index in [4.69, 9.17) is 0 Å². The zero-order valence-electron chi connectivity index (χ0n) is 12.6. The minimum absolute atomic E-state index is 0. The van der Waals surface area contributed by atoms with E-state index < -0.39 is 39.1 Å². The van der Waals surface area contributed by atoms with Gasteiger partial charge in [-0.15, -0.1) is 0 Å². The van der Waals surface area contributed by atoms with Gasteiger partial charge in [0.1, 0.15) is 15.8 Å². The maximum atomic E-state index is 13.0. The number of amides is 1. The van der Waals surface area contributed by atoms with E-state index in [1.807, 2.05) is 0 Å². The van der Waals surface area contributed by atoms with Crippen molar-refractivity contribution < 1.29 is 60.3 Å². The molecule has 25 heavy (non-hydrogen) atoms. The molecule has 1 amide bonds. The van der Waals surface area contributed by atoms with Crippen LogP contribution in [0.25, 0.3) is 10.8 Å². The van der Waals surface area contributed by atoms with Crippen LogP contribution < -0.4 is 29.6 Å². The first-order valence-corrected chi connectivity index (χ1v) is 8.62. The number of nitrogens with zero attached hydrogens (tertiary/aromatic N) is 1. The maximum Gasteiger partial charge on any atom is 1.00 e.